The Balaban J connectivity index is 2.17. The lowest BCUT2D eigenvalue weighted by atomic mass is 10.2. The third-order valence-electron chi connectivity index (χ3n) is 2.66. The molecule has 0 aliphatic heterocycles. The molecule has 22 heavy (non-hydrogen) atoms. The Kier molecular flexibility index (Phi) is 5.16. The number of anilines is 2. The van der Waals surface area contributed by atoms with Gasteiger partial charge in [0.1, 0.15) is 0 Å². The minimum atomic E-state index is -4.46. The summed E-state index contributed by atoms with van der Waals surface area (Å²) in [5.41, 5.74) is -0.231. The number of halogens is 5. The van der Waals surface area contributed by atoms with E-state index in [-0.39, 0.29) is 15.8 Å². The molecule has 0 bridgehead atoms. The molecule has 2 rings (SSSR count). The summed E-state index contributed by atoms with van der Waals surface area (Å²) < 4.78 is 38.1. The first-order valence-electron chi connectivity index (χ1n) is 5.96. The zero-order valence-corrected chi connectivity index (χ0v) is 13.2. The van der Waals surface area contributed by atoms with Crippen LogP contribution < -0.4 is 10.6 Å². The topological polar surface area (TPSA) is 24.1 Å². The molecular weight excluding hydrogens is 356 g/mol. The van der Waals surface area contributed by atoms with E-state index in [1.165, 1.54) is 0 Å². The van der Waals surface area contributed by atoms with Crippen molar-refractivity contribution in [1.29, 1.82) is 0 Å². The van der Waals surface area contributed by atoms with Crippen LogP contribution in [0.3, 0.4) is 0 Å². The van der Waals surface area contributed by atoms with Crippen LogP contribution in [-0.2, 0) is 6.18 Å². The molecule has 0 aromatic heterocycles. The lowest BCUT2D eigenvalue weighted by Crippen LogP contribution is -2.20. The van der Waals surface area contributed by atoms with Crippen LogP contribution in [0, 0.1) is 0 Å². The predicted octanol–water partition coefficient (Wildman–Crippen LogP) is 5.82. The fraction of sp³-hybridized carbons (Fsp3) is 0.0714. The first-order valence-corrected chi connectivity index (χ1v) is 7.13. The standard InChI is InChI=1S/C14H9Cl2F3N2S/c15-9-3-1-2-4-11(9)20-13(22)21-12-7-8(14(17,18)19)5-6-10(12)16/h1-7H,(H2,20,21,22). The first kappa shape index (κ1) is 16.9. The predicted molar refractivity (Wildman–Crippen MR) is 87.7 cm³/mol. The van der Waals surface area contributed by atoms with E-state index in [1.807, 2.05) is 0 Å². The van der Waals surface area contributed by atoms with Crippen LogP contribution in [0.1, 0.15) is 5.56 Å². The second-order valence-corrected chi connectivity index (χ2v) is 5.47. The maximum absolute atomic E-state index is 12.7. The van der Waals surface area contributed by atoms with E-state index in [2.05, 4.69) is 10.6 Å². The number of nitrogens with one attached hydrogen (secondary N) is 2. The number of rotatable bonds is 2. The van der Waals surface area contributed by atoms with E-state index < -0.39 is 11.7 Å². The van der Waals surface area contributed by atoms with Gasteiger partial charge in [0.15, 0.2) is 5.11 Å². The van der Waals surface area contributed by atoms with E-state index >= 15 is 0 Å². The summed E-state index contributed by atoms with van der Waals surface area (Å²) in [4.78, 5) is 0. The van der Waals surface area contributed by atoms with Gasteiger partial charge < -0.3 is 10.6 Å². The molecule has 2 aromatic carbocycles. The number of hydrogen-bond acceptors (Lipinski definition) is 1. The molecule has 0 radical (unpaired) electrons. The zero-order chi connectivity index (χ0) is 16.3. The van der Waals surface area contributed by atoms with Gasteiger partial charge in [-0.15, -0.1) is 0 Å². The Morgan fingerprint density at radius 1 is 0.909 bits per heavy atom. The largest absolute Gasteiger partial charge is 0.416 e. The molecular formula is C14H9Cl2F3N2S. The van der Waals surface area contributed by atoms with Gasteiger partial charge in [-0.25, -0.2) is 0 Å². The van der Waals surface area contributed by atoms with E-state index in [9.17, 15) is 13.2 Å². The van der Waals surface area contributed by atoms with Gasteiger partial charge in [0.2, 0.25) is 0 Å². The van der Waals surface area contributed by atoms with Crippen LogP contribution in [0.15, 0.2) is 42.5 Å². The molecule has 0 saturated carbocycles. The second kappa shape index (κ2) is 6.73. The third-order valence-corrected chi connectivity index (χ3v) is 3.53. The maximum Gasteiger partial charge on any atom is 0.416 e. The van der Waals surface area contributed by atoms with Crippen molar-refractivity contribution in [1.82, 2.24) is 0 Å². The molecule has 2 aromatic rings. The van der Waals surface area contributed by atoms with Crippen molar-refractivity contribution in [3.05, 3.63) is 58.1 Å². The SMILES string of the molecule is FC(F)(F)c1ccc(Cl)c(NC(=S)Nc2ccccc2Cl)c1. The Morgan fingerprint density at radius 2 is 1.50 bits per heavy atom. The van der Waals surface area contributed by atoms with Crippen molar-refractivity contribution in [3.63, 3.8) is 0 Å². The number of thiocarbonyl (C=S) groups is 1. The van der Waals surface area contributed by atoms with E-state index in [0.717, 1.165) is 18.2 Å². The highest BCUT2D eigenvalue weighted by Crippen LogP contribution is 2.34. The highest BCUT2D eigenvalue weighted by Gasteiger charge is 2.31. The number of alkyl halides is 3. The molecule has 0 heterocycles. The van der Waals surface area contributed by atoms with Crippen LogP contribution in [-0.4, -0.2) is 5.11 Å². The Hall–Kier alpha value is -1.50. The van der Waals surface area contributed by atoms with Gasteiger partial charge in [-0.3, -0.25) is 0 Å². The average Bonchev–Trinajstić information content (AvgIpc) is 2.42. The molecule has 2 N–H and O–H groups in total. The van der Waals surface area contributed by atoms with Crippen LogP contribution in [0.2, 0.25) is 10.0 Å². The van der Waals surface area contributed by atoms with Crippen LogP contribution in [0.5, 0.6) is 0 Å². The second-order valence-electron chi connectivity index (χ2n) is 4.25. The minimum Gasteiger partial charge on any atom is -0.331 e. The van der Waals surface area contributed by atoms with E-state index in [4.69, 9.17) is 35.4 Å². The molecule has 2 nitrogen and oxygen atoms in total. The molecule has 0 aliphatic carbocycles. The molecule has 0 aliphatic rings. The van der Waals surface area contributed by atoms with Crippen molar-refractivity contribution in [3.8, 4) is 0 Å². The van der Waals surface area contributed by atoms with Crippen molar-refractivity contribution in [2.24, 2.45) is 0 Å². The lowest BCUT2D eigenvalue weighted by Gasteiger charge is -2.14. The van der Waals surface area contributed by atoms with Crippen molar-refractivity contribution < 1.29 is 13.2 Å². The number of benzene rings is 2. The maximum atomic E-state index is 12.7. The van der Waals surface area contributed by atoms with Gasteiger partial charge in [0.25, 0.3) is 0 Å². The monoisotopic (exact) mass is 364 g/mol. The summed E-state index contributed by atoms with van der Waals surface area (Å²) in [5, 5.41) is 6.05. The van der Waals surface area contributed by atoms with Gasteiger partial charge in [-0.2, -0.15) is 13.2 Å². The van der Waals surface area contributed by atoms with Crippen molar-refractivity contribution in [2.45, 2.75) is 6.18 Å². The highest BCUT2D eigenvalue weighted by molar-refractivity contribution is 7.80. The highest BCUT2D eigenvalue weighted by atomic mass is 35.5. The molecule has 0 spiro atoms. The smallest absolute Gasteiger partial charge is 0.331 e. The fourth-order valence-electron chi connectivity index (χ4n) is 1.64. The summed E-state index contributed by atoms with van der Waals surface area (Å²) in [5.74, 6) is 0. The van der Waals surface area contributed by atoms with Crippen molar-refractivity contribution >= 4 is 51.9 Å². The van der Waals surface area contributed by atoms with E-state index in [1.54, 1.807) is 24.3 Å². The van der Waals surface area contributed by atoms with Crippen LogP contribution >= 0.6 is 35.4 Å². The fourth-order valence-corrected chi connectivity index (χ4v) is 2.20. The van der Waals surface area contributed by atoms with Gasteiger partial charge in [0.05, 0.1) is 27.0 Å². The number of para-hydroxylation sites is 1. The molecule has 0 saturated heterocycles. The minimum absolute atomic E-state index is 0.0565. The van der Waals surface area contributed by atoms with Crippen LogP contribution in [0.4, 0.5) is 24.5 Å². The third kappa shape index (κ3) is 4.25. The molecule has 116 valence electrons. The Bertz CT molecular complexity index is 705. The zero-order valence-electron chi connectivity index (χ0n) is 10.8. The summed E-state index contributed by atoms with van der Waals surface area (Å²) in [7, 11) is 0. The van der Waals surface area contributed by atoms with E-state index in [0.29, 0.717) is 10.7 Å². The quantitative estimate of drug-likeness (QED) is 0.656. The van der Waals surface area contributed by atoms with Crippen molar-refractivity contribution in [2.75, 3.05) is 10.6 Å². The van der Waals surface area contributed by atoms with Gasteiger partial charge >= 0.3 is 6.18 Å². The molecule has 8 heteroatoms. The lowest BCUT2D eigenvalue weighted by molar-refractivity contribution is -0.137. The Labute approximate surface area is 140 Å². The number of hydrogen-bond donors (Lipinski definition) is 2. The average molecular weight is 365 g/mol. The summed E-state index contributed by atoms with van der Waals surface area (Å²) >= 11 is 16.9. The van der Waals surface area contributed by atoms with Gasteiger partial charge in [-0.05, 0) is 42.5 Å². The summed E-state index contributed by atoms with van der Waals surface area (Å²) in [6.45, 7) is 0. The van der Waals surface area contributed by atoms with Crippen LogP contribution in [0.25, 0.3) is 0 Å². The normalized spacial score (nSPS) is 11.1. The molecule has 0 unspecified atom stereocenters. The van der Waals surface area contributed by atoms with Gasteiger partial charge in [-0.1, -0.05) is 35.3 Å². The summed E-state index contributed by atoms with van der Waals surface area (Å²) in [6.07, 6.45) is -4.46. The first-order chi connectivity index (χ1) is 10.3. The molecule has 0 fully saturated rings. The van der Waals surface area contributed by atoms with Gasteiger partial charge in [0, 0.05) is 0 Å². The Morgan fingerprint density at radius 3 is 2.14 bits per heavy atom. The molecule has 0 amide bonds. The summed E-state index contributed by atoms with van der Waals surface area (Å²) in [6, 6.07) is 9.78. The molecule has 0 atom stereocenters.